The number of aromatic nitrogens is 3. The zero-order valence-electron chi connectivity index (χ0n) is 9.55. The first-order chi connectivity index (χ1) is 8.08. The van der Waals surface area contributed by atoms with E-state index in [-0.39, 0.29) is 11.8 Å². The minimum atomic E-state index is 0.0793. The highest BCUT2D eigenvalue weighted by atomic mass is 79.9. The Morgan fingerprint density at radius 1 is 1.53 bits per heavy atom. The maximum absolute atomic E-state index is 12.0. The molecule has 90 valence electrons. The molecule has 2 aromatic rings. The van der Waals surface area contributed by atoms with Crippen molar-refractivity contribution < 1.29 is 4.79 Å². The van der Waals surface area contributed by atoms with Gasteiger partial charge in [-0.1, -0.05) is 0 Å². The number of Topliss-reactive ketones (excluding diaryl/α,β-unsaturated/α-hetero) is 1. The molecule has 0 aromatic carbocycles. The molecule has 0 aliphatic rings. The molecule has 17 heavy (non-hydrogen) atoms. The van der Waals surface area contributed by atoms with Gasteiger partial charge in [-0.05, 0) is 41.9 Å². The summed E-state index contributed by atoms with van der Waals surface area (Å²) in [5, 5.41) is 4.12. The molecule has 0 unspecified atom stereocenters. The summed E-state index contributed by atoms with van der Waals surface area (Å²) in [6.07, 6.45) is 1.79. The van der Waals surface area contributed by atoms with Crippen molar-refractivity contribution in [2.45, 2.75) is 26.3 Å². The van der Waals surface area contributed by atoms with Crippen LogP contribution in [0.25, 0.3) is 0 Å². The fraction of sp³-hybridized carbons (Fsp3) is 0.364. The van der Waals surface area contributed by atoms with Crippen molar-refractivity contribution in [1.29, 1.82) is 0 Å². The fourth-order valence-corrected chi connectivity index (χ4v) is 2.85. The van der Waals surface area contributed by atoms with Gasteiger partial charge in [0.05, 0.1) is 15.1 Å². The van der Waals surface area contributed by atoms with Crippen LogP contribution < -0.4 is 0 Å². The van der Waals surface area contributed by atoms with Gasteiger partial charge in [0.1, 0.15) is 12.2 Å². The smallest absolute Gasteiger partial charge is 0.180 e. The largest absolute Gasteiger partial charge is 0.293 e. The molecule has 0 saturated heterocycles. The first kappa shape index (κ1) is 12.4. The van der Waals surface area contributed by atoms with Crippen molar-refractivity contribution >= 4 is 33.0 Å². The molecule has 0 bridgehead atoms. The van der Waals surface area contributed by atoms with E-state index in [4.69, 9.17) is 0 Å². The predicted octanol–water partition coefficient (Wildman–Crippen LogP) is 3.11. The Bertz CT molecular complexity index is 532. The van der Waals surface area contributed by atoms with Gasteiger partial charge in [-0.15, -0.1) is 11.3 Å². The van der Waals surface area contributed by atoms with Crippen molar-refractivity contribution in [1.82, 2.24) is 14.8 Å². The van der Waals surface area contributed by atoms with Crippen LogP contribution in [0.15, 0.2) is 22.2 Å². The lowest BCUT2D eigenvalue weighted by atomic mass is 10.2. The number of rotatable bonds is 4. The van der Waals surface area contributed by atoms with E-state index >= 15 is 0 Å². The molecule has 2 heterocycles. The second-order valence-electron chi connectivity index (χ2n) is 3.92. The summed E-state index contributed by atoms with van der Waals surface area (Å²) in [5.74, 6) is 0.796. The summed E-state index contributed by atoms with van der Waals surface area (Å²) in [4.78, 5) is 16.9. The number of carbonyl (C=O) groups is 1. The second kappa shape index (κ2) is 5.10. The molecule has 0 atom stereocenters. The fourth-order valence-electron chi connectivity index (χ4n) is 1.53. The minimum absolute atomic E-state index is 0.0793. The first-order valence-corrected chi connectivity index (χ1v) is 6.86. The third-order valence-corrected chi connectivity index (χ3v) is 3.97. The molecule has 0 saturated carbocycles. The zero-order chi connectivity index (χ0) is 12.4. The molecule has 0 amide bonds. The minimum Gasteiger partial charge on any atom is -0.293 e. The van der Waals surface area contributed by atoms with E-state index in [9.17, 15) is 4.79 Å². The number of halogens is 1. The van der Waals surface area contributed by atoms with Crippen molar-refractivity contribution in [3.63, 3.8) is 0 Å². The van der Waals surface area contributed by atoms with E-state index < -0.39 is 0 Å². The molecule has 4 nitrogen and oxygen atoms in total. The maximum atomic E-state index is 12.0. The Morgan fingerprint density at radius 3 is 2.88 bits per heavy atom. The maximum Gasteiger partial charge on any atom is 0.180 e. The van der Waals surface area contributed by atoms with Crippen LogP contribution in [0.2, 0.25) is 0 Å². The van der Waals surface area contributed by atoms with Gasteiger partial charge >= 0.3 is 0 Å². The lowest BCUT2D eigenvalue weighted by Gasteiger charge is -2.08. The summed E-state index contributed by atoms with van der Waals surface area (Å²) >= 11 is 4.79. The summed E-state index contributed by atoms with van der Waals surface area (Å²) in [5.41, 5.74) is 0. The summed E-state index contributed by atoms with van der Waals surface area (Å²) in [6, 6.07) is 3.92. The quantitative estimate of drug-likeness (QED) is 0.815. The average Bonchev–Trinajstić information content (AvgIpc) is 2.86. The van der Waals surface area contributed by atoms with Crippen LogP contribution in [-0.4, -0.2) is 20.5 Å². The summed E-state index contributed by atoms with van der Waals surface area (Å²) < 4.78 is 2.74. The standard InChI is InChI=1S/C11H12BrN3OS/c1-7(2)15-11(13-6-14-15)5-8(16)9-3-4-10(12)17-9/h3-4,6-7H,5H2,1-2H3. The van der Waals surface area contributed by atoms with Crippen LogP contribution in [0.1, 0.15) is 35.4 Å². The van der Waals surface area contributed by atoms with Gasteiger partial charge in [-0.2, -0.15) is 5.10 Å². The van der Waals surface area contributed by atoms with E-state index in [1.807, 2.05) is 26.0 Å². The number of thiophene rings is 1. The molecule has 0 radical (unpaired) electrons. The van der Waals surface area contributed by atoms with Crippen LogP contribution in [0.5, 0.6) is 0 Å². The summed E-state index contributed by atoms with van der Waals surface area (Å²) in [6.45, 7) is 4.04. The highest BCUT2D eigenvalue weighted by Crippen LogP contribution is 2.23. The zero-order valence-corrected chi connectivity index (χ0v) is 12.0. The lowest BCUT2D eigenvalue weighted by Crippen LogP contribution is -2.12. The molecule has 2 rings (SSSR count). The van der Waals surface area contributed by atoms with Gasteiger partial charge in [0.25, 0.3) is 0 Å². The molecule has 0 aliphatic heterocycles. The molecule has 0 aliphatic carbocycles. The van der Waals surface area contributed by atoms with Crippen LogP contribution >= 0.6 is 27.3 Å². The first-order valence-electron chi connectivity index (χ1n) is 5.25. The molecular weight excluding hydrogens is 302 g/mol. The molecule has 2 aromatic heterocycles. The lowest BCUT2D eigenvalue weighted by molar-refractivity contribution is 0.0993. The van der Waals surface area contributed by atoms with E-state index in [0.717, 1.165) is 14.5 Å². The number of hydrogen-bond acceptors (Lipinski definition) is 4. The van der Waals surface area contributed by atoms with Crippen LogP contribution in [-0.2, 0) is 6.42 Å². The number of hydrogen-bond donors (Lipinski definition) is 0. The van der Waals surface area contributed by atoms with Gasteiger partial charge in [0.2, 0.25) is 0 Å². The van der Waals surface area contributed by atoms with Crippen molar-refractivity contribution in [3.8, 4) is 0 Å². The van der Waals surface area contributed by atoms with Gasteiger partial charge in [0.15, 0.2) is 5.78 Å². The Hall–Kier alpha value is -1.01. The van der Waals surface area contributed by atoms with Crippen LogP contribution in [0.4, 0.5) is 0 Å². The highest BCUT2D eigenvalue weighted by Gasteiger charge is 2.15. The third-order valence-electron chi connectivity index (χ3n) is 2.30. The Kier molecular flexibility index (Phi) is 3.73. The second-order valence-corrected chi connectivity index (χ2v) is 6.38. The normalized spacial score (nSPS) is 11.1. The SMILES string of the molecule is CC(C)n1ncnc1CC(=O)c1ccc(Br)s1. The van der Waals surface area contributed by atoms with Crippen molar-refractivity contribution in [3.05, 3.63) is 32.9 Å². The molecule has 6 heteroatoms. The van der Waals surface area contributed by atoms with Gasteiger partial charge in [-0.3, -0.25) is 4.79 Å². The van der Waals surface area contributed by atoms with Crippen LogP contribution in [0.3, 0.4) is 0 Å². The van der Waals surface area contributed by atoms with Crippen molar-refractivity contribution in [2.24, 2.45) is 0 Å². The van der Waals surface area contributed by atoms with E-state index in [1.54, 1.807) is 4.68 Å². The van der Waals surface area contributed by atoms with E-state index in [0.29, 0.717) is 6.42 Å². The number of ketones is 1. The van der Waals surface area contributed by atoms with Gasteiger partial charge in [0, 0.05) is 6.04 Å². The highest BCUT2D eigenvalue weighted by molar-refractivity contribution is 9.11. The average molecular weight is 314 g/mol. The number of carbonyl (C=O) groups excluding carboxylic acids is 1. The monoisotopic (exact) mass is 313 g/mol. The van der Waals surface area contributed by atoms with Crippen LogP contribution in [0, 0.1) is 0 Å². The van der Waals surface area contributed by atoms with E-state index in [1.165, 1.54) is 17.7 Å². The molecule has 0 fully saturated rings. The third kappa shape index (κ3) is 2.81. The topological polar surface area (TPSA) is 47.8 Å². The predicted molar refractivity (Wildman–Crippen MR) is 70.5 cm³/mol. The Morgan fingerprint density at radius 2 is 2.29 bits per heavy atom. The van der Waals surface area contributed by atoms with Gasteiger partial charge in [-0.25, -0.2) is 9.67 Å². The Balaban J connectivity index is 2.16. The van der Waals surface area contributed by atoms with Crippen molar-refractivity contribution in [2.75, 3.05) is 0 Å². The molecule has 0 spiro atoms. The summed E-state index contributed by atoms with van der Waals surface area (Å²) in [7, 11) is 0. The van der Waals surface area contributed by atoms with Gasteiger partial charge < -0.3 is 0 Å². The molecule has 0 N–H and O–H groups in total. The number of nitrogens with zero attached hydrogens (tertiary/aromatic N) is 3. The molecular formula is C11H12BrN3OS. The Labute approximate surface area is 112 Å². The van der Waals surface area contributed by atoms with E-state index in [2.05, 4.69) is 26.0 Å².